The van der Waals surface area contributed by atoms with E-state index in [2.05, 4.69) is 10.3 Å². The zero-order valence-electron chi connectivity index (χ0n) is 9.75. The topological polar surface area (TPSA) is 72.9 Å². The van der Waals surface area contributed by atoms with Gasteiger partial charge in [-0.1, -0.05) is 12.2 Å². The van der Waals surface area contributed by atoms with Crippen LogP contribution >= 0.6 is 0 Å². The summed E-state index contributed by atoms with van der Waals surface area (Å²) >= 11 is 0. The first kappa shape index (κ1) is 11.9. The van der Waals surface area contributed by atoms with Gasteiger partial charge < -0.3 is 15.6 Å². The number of aryl methyl sites for hydroxylation is 1. The van der Waals surface area contributed by atoms with Gasteiger partial charge in [-0.3, -0.25) is 4.79 Å². The van der Waals surface area contributed by atoms with Crippen LogP contribution in [0.2, 0.25) is 0 Å². The summed E-state index contributed by atoms with van der Waals surface area (Å²) in [5.74, 6) is 0.0399. The van der Waals surface area contributed by atoms with Gasteiger partial charge in [0.25, 0.3) is 0 Å². The summed E-state index contributed by atoms with van der Waals surface area (Å²) in [5.41, 5.74) is 5.70. The number of carbonyl (C=O) groups excluding carboxylic acids is 1. The fraction of sp³-hybridized carbons (Fsp3) is 0.500. The van der Waals surface area contributed by atoms with Gasteiger partial charge in [-0.15, -0.1) is 0 Å². The minimum absolute atomic E-state index is 0.0386. The van der Waals surface area contributed by atoms with Crippen molar-refractivity contribution in [3.63, 3.8) is 0 Å². The normalized spacial score (nSPS) is 22.9. The van der Waals surface area contributed by atoms with Crippen LogP contribution in [0.15, 0.2) is 30.9 Å². The van der Waals surface area contributed by atoms with Crippen molar-refractivity contribution in [2.45, 2.75) is 25.4 Å². The van der Waals surface area contributed by atoms with Crippen LogP contribution in [0.25, 0.3) is 0 Å². The van der Waals surface area contributed by atoms with Gasteiger partial charge in [-0.2, -0.15) is 0 Å². The lowest BCUT2D eigenvalue weighted by atomic mass is 10.1. The van der Waals surface area contributed by atoms with Crippen molar-refractivity contribution >= 4 is 5.91 Å². The molecule has 0 spiro atoms. The second kappa shape index (κ2) is 5.63. The molecule has 0 saturated heterocycles. The number of aromatic nitrogens is 2. The summed E-state index contributed by atoms with van der Waals surface area (Å²) in [6.45, 7) is 1.57. The smallest absolute Gasteiger partial charge is 0.226 e. The molecule has 1 aromatic rings. The van der Waals surface area contributed by atoms with Crippen molar-refractivity contribution in [2.75, 3.05) is 6.54 Å². The Balaban J connectivity index is 1.62. The fourth-order valence-electron chi connectivity index (χ4n) is 1.94. The number of hydrogen-bond acceptors (Lipinski definition) is 3. The second-order valence-electron chi connectivity index (χ2n) is 4.34. The Kier molecular flexibility index (Phi) is 3.93. The van der Waals surface area contributed by atoms with Gasteiger partial charge in [-0.05, 0) is 12.8 Å². The summed E-state index contributed by atoms with van der Waals surface area (Å²) < 4.78 is 2.00. The quantitative estimate of drug-likeness (QED) is 0.568. The van der Waals surface area contributed by atoms with Crippen molar-refractivity contribution in [2.24, 2.45) is 11.7 Å². The van der Waals surface area contributed by atoms with Crippen LogP contribution in [0, 0.1) is 5.92 Å². The number of nitrogens with two attached hydrogens (primary N) is 1. The van der Waals surface area contributed by atoms with Gasteiger partial charge in [0.05, 0.1) is 12.2 Å². The Morgan fingerprint density at radius 2 is 2.41 bits per heavy atom. The maximum atomic E-state index is 11.7. The Bertz CT molecular complexity index is 385. The van der Waals surface area contributed by atoms with E-state index in [9.17, 15) is 4.79 Å². The van der Waals surface area contributed by atoms with Gasteiger partial charge in [-0.25, -0.2) is 4.98 Å². The first-order valence-corrected chi connectivity index (χ1v) is 5.93. The number of nitrogens with zero attached hydrogens (tertiary/aromatic N) is 2. The Morgan fingerprint density at radius 3 is 3.06 bits per heavy atom. The minimum atomic E-state index is -0.0433. The molecule has 92 valence electrons. The third kappa shape index (κ3) is 3.42. The van der Waals surface area contributed by atoms with Gasteiger partial charge in [0.1, 0.15) is 0 Å². The van der Waals surface area contributed by atoms with Crippen LogP contribution in [0.4, 0.5) is 0 Å². The van der Waals surface area contributed by atoms with E-state index in [0.717, 1.165) is 19.4 Å². The maximum Gasteiger partial charge on any atom is 0.226 e. The molecule has 0 saturated carbocycles. The molecule has 5 heteroatoms. The third-order valence-electron chi connectivity index (χ3n) is 2.90. The van der Waals surface area contributed by atoms with Gasteiger partial charge >= 0.3 is 0 Å². The van der Waals surface area contributed by atoms with E-state index in [1.54, 1.807) is 12.5 Å². The van der Waals surface area contributed by atoms with Gasteiger partial charge in [0.15, 0.2) is 0 Å². The molecule has 1 amide bonds. The van der Waals surface area contributed by atoms with Crippen molar-refractivity contribution < 1.29 is 4.79 Å². The first-order chi connectivity index (χ1) is 8.25. The van der Waals surface area contributed by atoms with E-state index in [1.807, 2.05) is 22.9 Å². The van der Waals surface area contributed by atoms with E-state index < -0.39 is 0 Å². The molecule has 5 nitrogen and oxygen atoms in total. The lowest BCUT2D eigenvalue weighted by Crippen LogP contribution is -2.31. The first-order valence-electron chi connectivity index (χ1n) is 5.93. The molecule has 3 N–H and O–H groups in total. The molecule has 2 rings (SSSR count). The zero-order chi connectivity index (χ0) is 12.1. The van der Waals surface area contributed by atoms with Crippen LogP contribution in [-0.2, 0) is 11.3 Å². The minimum Gasteiger partial charge on any atom is -0.356 e. The summed E-state index contributed by atoms with van der Waals surface area (Å²) in [5, 5.41) is 2.93. The molecule has 1 aromatic heterocycles. The highest BCUT2D eigenvalue weighted by molar-refractivity contribution is 5.81. The van der Waals surface area contributed by atoms with Crippen molar-refractivity contribution in [3.05, 3.63) is 30.9 Å². The van der Waals surface area contributed by atoms with Crippen LogP contribution in [0.5, 0.6) is 0 Å². The maximum absolute atomic E-state index is 11.7. The molecule has 2 atom stereocenters. The summed E-state index contributed by atoms with van der Waals surface area (Å²) in [6.07, 6.45) is 10.9. The standard InChI is InChI=1S/C12H18N4O/c13-11-3-2-10(8-11)12(17)15-4-1-6-16-7-5-14-9-16/h2-3,5,7,9-11H,1,4,6,8,13H2,(H,15,17). The SMILES string of the molecule is NC1C=CC(C(=O)NCCCn2ccnc2)C1. The van der Waals surface area contributed by atoms with E-state index in [1.165, 1.54) is 0 Å². The molecule has 1 aliphatic carbocycles. The number of hydrogen-bond donors (Lipinski definition) is 2. The van der Waals surface area contributed by atoms with Crippen LogP contribution in [-0.4, -0.2) is 28.0 Å². The second-order valence-corrected chi connectivity index (χ2v) is 4.34. The fourth-order valence-corrected chi connectivity index (χ4v) is 1.94. The molecular weight excluding hydrogens is 216 g/mol. The van der Waals surface area contributed by atoms with Crippen LogP contribution in [0.3, 0.4) is 0 Å². The molecule has 0 aromatic carbocycles. The number of rotatable bonds is 5. The highest BCUT2D eigenvalue weighted by Crippen LogP contribution is 2.15. The number of imidazole rings is 1. The van der Waals surface area contributed by atoms with Gasteiger partial charge in [0, 0.05) is 31.5 Å². The Hall–Kier alpha value is -1.62. The molecule has 0 bridgehead atoms. The molecule has 1 heterocycles. The number of nitrogens with one attached hydrogen (secondary N) is 1. The van der Waals surface area contributed by atoms with E-state index in [0.29, 0.717) is 6.54 Å². The largest absolute Gasteiger partial charge is 0.356 e. The van der Waals surface area contributed by atoms with Gasteiger partial charge in [0.2, 0.25) is 5.91 Å². The van der Waals surface area contributed by atoms with E-state index >= 15 is 0 Å². The predicted octanol–water partition coefficient (Wildman–Crippen LogP) is 0.293. The average Bonchev–Trinajstić information content (AvgIpc) is 2.95. The average molecular weight is 234 g/mol. The summed E-state index contributed by atoms with van der Waals surface area (Å²) in [4.78, 5) is 15.7. The molecule has 0 radical (unpaired) electrons. The Morgan fingerprint density at radius 1 is 1.53 bits per heavy atom. The third-order valence-corrected chi connectivity index (χ3v) is 2.90. The molecule has 17 heavy (non-hydrogen) atoms. The van der Waals surface area contributed by atoms with Crippen molar-refractivity contribution in [1.82, 2.24) is 14.9 Å². The summed E-state index contributed by atoms with van der Waals surface area (Å²) in [6, 6.07) is 0.0386. The van der Waals surface area contributed by atoms with Crippen molar-refractivity contribution in [1.29, 1.82) is 0 Å². The van der Waals surface area contributed by atoms with E-state index in [4.69, 9.17) is 5.73 Å². The van der Waals surface area contributed by atoms with Crippen molar-refractivity contribution in [3.8, 4) is 0 Å². The molecule has 0 fully saturated rings. The predicted molar refractivity (Wildman–Crippen MR) is 65.1 cm³/mol. The number of amides is 1. The summed E-state index contributed by atoms with van der Waals surface area (Å²) in [7, 11) is 0. The highest BCUT2D eigenvalue weighted by Gasteiger charge is 2.21. The Labute approximate surface area is 101 Å². The molecule has 2 unspecified atom stereocenters. The lowest BCUT2D eigenvalue weighted by molar-refractivity contribution is -0.123. The highest BCUT2D eigenvalue weighted by atomic mass is 16.1. The number of carbonyl (C=O) groups is 1. The molecule has 0 aliphatic heterocycles. The van der Waals surface area contributed by atoms with E-state index in [-0.39, 0.29) is 17.9 Å². The zero-order valence-corrected chi connectivity index (χ0v) is 9.75. The van der Waals surface area contributed by atoms with Crippen LogP contribution in [0.1, 0.15) is 12.8 Å². The lowest BCUT2D eigenvalue weighted by Gasteiger charge is -2.10. The molecule has 1 aliphatic rings. The van der Waals surface area contributed by atoms with Crippen LogP contribution < -0.4 is 11.1 Å². The molecular formula is C12H18N4O. The monoisotopic (exact) mass is 234 g/mol.